The second-order valence-electron chi connectivity index (χ2n) is 6.65. The lowest BCUT2D eigenvalue weighted by molar-refractivity contribution is 0.0993. The average Bonchev–Trinajstić information content (AvgIpc) is 3.36. The van der Waals surface area contributed by atoms with E-state index < -0.39 is 0 Å². The lowest BCUT2D eigenvalue weighted by Gasteiger charge is -2.16. The van der Waals surface area contributed by atoms with Gasteiger partial charge in [0.2, 0.25) is 0 Å². The Morgan fingerprint density at radius 1 is 1.00 bits per heavy atom. The molecule has 3 heterocycles. The summed E-state index contributed by atoms with van der Waals surface area (Å²) < 4.78 is 2.23. The number of rotatable bonds is 2. The summed E-state index contributed by atoms with van der Waals surface area (Å²) in [5.41, 5.74) is 4.66. The van der Waals surface area contributed by atoms with Gasteiger partial charge < -0.3 is 9.47 Å². The number of carbonyl (C=O) groups excluding carboxylic acids is 1. The van der Waals surface area contributed by atoms with Crippen molar-refractivity contribution in [2.45, 2.75) is 13.3 Å². The predicted octanol–water partition coefficient (Wildman–Crippen LogP) is 5.20. The topological polar surface area (TPSA) is 25.2 Å². The fourth-order valence-corrected chi connectivity index (χ4v) is 4.86. The predicted molar refractivity (Wildman–Crippen MR) is 108 cm³/mol. The molecule has 0 radical (unpaired) electrons. The first kappa shape index (κ1) is 15.4. The van der Waals surface area contributed by atoms with Crippen molar-refractivity contribution >= 4 is 33.8 Å². The minimum Gasteiger partial charge on any atom is -0.307 e. The molecule has 0 unspecified atom stereocenters. The van der Waals surface area contributed by atoms with Crippen LogP contribution < -0.4 is 4.90 Å². The highest BCUT2D eigenvalue weighted by atomic mass is 32.1. The van der Waals surface area contributed by atoms with Crippen molar-refractivity contribution in [3.05, 3.63) is 82.9 Å². The number of thiophene rings is 1. The average molecular weight is 358 g/mol. The second kappa shape index (κ2) is 5.85. The molecule has 4 heteroatoms. The van der Waals surface area contributed by atoms with Gasteiger partial charge in [0.25, 0.3) is 5.91 Å². The second-order valence-corrected chi connectivity index (χ2v) is 7.72. The van der Waals surface area contributed by atoms with Crippen molar-refractivity contribution < 1.29 is 4.79 Å². The summed E-state index contributed by atoms with van der Waals surface area (Å²) in [4.78, 5) is 15.8. The van der Waals surface area contributed by atoms with Crippen LogP contribution in [0, 0.1) is 6.92 Å². The Hall–Kier alpha value is -2.85. The first-order valence-corrected chi connectivity index (χ1v) is 9.61. The molecule has 4 aromatic rings. The van der Waals surface area contributed by atoms with E-state index >= 15 is 0 Å². The molecule has 0 aliphatic carbocycles. The van der Waals surface area contributed by atoms with Gasteiger partial charge in [-0.15, -0.1) is 11.3 Å². The molecule has 1 aliphatic heterocycles. The van der Waals surface area contributed by atoms with Crippen LogP contribution in [0.3, 0.4) is 0 Å². The van der Waals surface area contributed by atoms with Crippen LogP contribution in [0.2, 0.25) is 0 Å². The molecule has 0 spiro atoms. The quantitative estimate of drug-likeness (QED) is 0.483. The Kier molecular flexibility index (Phi) is 3.47. The fourth-order valence-electron chi connectivity index (χ4n) is 3.83. The molecule has 1 amide bonds. The van der Waals surface area contributed by atoms with Crippen LogP contribution in [-0.4, -0.2) is 17.0 Å². The minimum absolute atomic E-state index is 0.0975. The molecule has 2 aromatic heterocycles. The van der Waals surface area contributed by atoms with E-state index in [1.165, 1.54) is 22.2 Å². The summed E-state index contributed by atoms with van der Waals surface area (Å²) in [6, 6.07) is 22.7. The van der Waals surface area contributed by atoms with Gasteiger partial charge in [-0.05, 0) is 49.2 Å². The number of fused-ring (bicyclic) bond motifs is 2. The van der Waals surface area contributed by atoms with E-state index in [4.69, 9.17) is 0 Å². The number of para-hydroxylation sites is 2. The van der Waals surface area contributed by atoms with Gasteiger partial charge >= 0.3 is 0 Å². The zero-order chi connectivity index (χ0) is 17.7. The third-order valence-electron chi connectivity index (χ3n) is 5.05. The lowest BCUT2D eigenvalue weighted by Crippen LogP contribution is -2.28. The number of hydrogen-bond donors (Lipinski definition) is 0. The van der Waals surface area contributed by atoms with Crippen LogP contribution in [0.15, 0.2) is 66.7 Å². The van der Waals surface area contributed by atoms with Crippen molar-refractivity contribution in [1.29, 1.82) is 0 Å². The van der Waals surface area contributed by atoms with Gasteiger partial charge in [-0.1, -0.05) is 36.4 Å². The summed E-state index contributed by atoms with van der Waals surface area (Å²) in [6.45, 7) is 2.87. The smallest absolute Gasteiger partial charge is 0.268 e. The zero-order valence-corrected chi connectivity index (χ0v) is 15.3. The number of aromatic nitrogens is 1. The fraction of sp³-hybridized carbons (Fsp3) is 0.136. The van der Waals surface area contributed by atoms with Crippen molar-refractivity contribution in [2.75, 3.05) is 11.4 Å². The first-order chi connectivity index (χ1) is 12.7. The van der Waals surface area contributed by atoms with E-state index in [9.17, 15) is 4.79 Å². The summed E-state index contributed by atoms with van der Waals surface area (Å²) in [7, 11) is 0. The third-order valence-corrected chi connectivity index (χ3v) is 6.11. The molecule has 1 aliphatic rings. The van der Waals surface area contributed by atoms with E-state index in [0.717, 1.165) is 28.5 Å². The summed E-state index contributed by atoms with van der Waals surface area (Å²) >= 11 is 1.56. The zero-order valence-electron chi connectivity index (χ0n) is 14.5. The molecule has 26 heavy (non-hydrogen) atoms. The van der Waals surface area contributed by atoms with Crippen LogP contribution in [0.5, 0.6) is 0 Å². The molecule has 128 valence electrons. The summed E-state index contributed by atoms with van der Waals surface area (Å²) in [5, 5.41) is 2.30. The highest BCUT2D eigenvalue weighted by Crippen LogP contribution is 2.33. The van der Waals surface area contributed by atoms with Gasteiger partial charge in [0.15, 0.2) is 0 Å². The maximum atomic E-state index is 13.1. The van der Waals surface area contributed by atoms with E-state index in [2.05, 4.69) is 54.0 Å². The number of anilines is 1. The molecule has 2 aromatic carbocycles. The van der Waals surface area contributed by atoms with Gasteiger partial charge in [-0.3, -0.25) is 4.79 Å². The molecule has 3 nitrogen and oxygen atoms in total. The molecule has 0 fully saturated rings. The summed E-state index contributed by atoms with van der Waals surface area (Å²) in [5.74, 6) is 0.0975. The van der Waals surface area contributed by atoms with Crippen molar-refractivity contribution in [3.63, 3.8) is 0 Å². The van der Waals surface area contributed by atoms with Crippen LogP contribution in [0.25, 0.3) is 15.9 Å². The molecule has 0 N–H and O–H groups in total. The lowest BCUT2D eigenvalue weighted by atomic mass is 10.2. The van der Waals surface area contributed by atoms with Crippen LogP contribution in [0.1, 0.15) is 20.9 Å². The van der Waals surface area contributed by atoms with Crippen LogP contribution >= 0.6 is 11.3 Å². The summed E-state index contributed by atoms with van der Waals surface area (Å²) in [6.07, 6.45) is 0.932. The van der Waals surface area contributed by atoms with E-state index in [-0.39, 0.29) is 5.91 Å². The number of benzene rings is 2. The molecule has 5 rings (SSSR count). The van der Waals surface area contributed by atoms with Crippen molar-refractivity contribution in [1.82, 2.24) is 4.57 Å². The largest absolute Gasteiger partial charge is 0.307 e. The van der Waals surface area contributed by atoms with Gasteiger partial charge in [0.1, 0.15) is 5.00 Å². The number of amides is 1. The van der Waals surface area contributed by atoms with Gasteiger partial charge in [-0.2, -0.15) is 0 Å². The minimum atomic E-state index is 0.0975. The highest BCUT2D eigenvalue weighted by Gasteiger charge is 2.26. The Labute approximate surface area is 156 Å². The maximum absolute atomic E-state index is 13.1. The SMILES string of the molecule is Cc1cc2ccccc2n1-c1ccc(C(=O)N2CCc3ccccc32)s1. The Bertz CT molecular complexity index is 1140. The molecule has 0 saturated heterocycles. The van der Waals surface area contributed by atoms with Gasteiger partial charge in [0, 0.05) is 23.3 Å². The van der Waals surface area contributed by atoms with E-state index in [1.54, 1.807) is 11.3 Å². The maximum Gasteiger partial charge on any atom is 0.268 e. The molecule has 0 bridgehead atoms. The molecule has 0 atom stereocenters. The van der Waals surface area contributed by atoms with Gasteiger partial charge in [-0.25, -0.2) is 0 Å². The molecular weight excluding hydrogens is 340 g/mol. The Morgan fingerprint density at radius 3 is 2.73 bits per heavy atom. The third kappa shape index (κ3) is 2.30. The number of aryl methyl sites for hydroxylation is 1. The Balaban J connectivity index is 1.53. The Morgan fingerprint density at radius 2 is 1.81 bits per heavy atom. The monoisotopic (exact) mass is 358 g/mol. The van der Waals surface area contributed by atoms with Crippen LogP contribution in [0.4, 0.5) is 5.69 Å². The molecule has 0 saturated carbocycles. The van der Waals surface area contributed by atoms with Gasteiger partial charge in [0.05, 0.1) is 10.4 Å². The van der Waals surface area contributed by atoms with E-state index in [0.29, 0.717) is 0 Å². The van der Waals surface area contributed by atoms with E-state index in [1.807, 2.05) is 29.2 Å². The molecular formula is C22H18N2OS. The van der Waals surface area contributed by atoms with Crippen molar-refractivity contribution in [2.24, 2.45) is 0 Å². The number of carbonyl (C=O) groups is 1. The number of hydrogen-bond acceptors (Lipinski definition) is 2. The highest BCUT2D eigenvalue weighted by molar-refractivity contribution is 7.16. The first-order valence-electron chi connectivity index (χ1n) is 8.79. The number of nitrogens with zero attached hydrogens (tertiary/aromatic N) is 2. The normalized spacial score (nSPS) is 13.3. The van der Waals surface area contributed by atoms with Crippen LogP contribution in [-0.2, 0) is 6.42 Å². The standard InChI is InChI=1S/C22H18N2OS/c1-15-14-17-7-3-5-9-19(17)24(15)21-11-10-20(26-21)22(25)23-13-12-16-6-2-4-8-18(16)23/h2-11,14H,12-13H2,1H3. The van der Waals surface area contributed by atoms with Crippen molar-refractivity contribution in [3.8, 4) is 5.00 Å².